The number of hydrogen-bond acceptors (Lipinski definition) is 7. The van der Waals surface area contributed by atoms with Crippen LogP contribution in [0.4, 0.5) is 11.6 Å². The van der Waals surface area contributed by atoms with Crippen LogP contribution in [0.15, 0.2) is 60.1 Å². The number of nitrogens with zero attached hydrogens (tertiary/aromatic N) is 5. The van der Waals surface area contributed by atoms with E-state index in [4.69, 9.17) is 0 Å². The third kappa shape index (κ3) is 2.87. The summed E-state index contributed by atoms with van der Waals surface area (Å²) in [7, 11) is 0. The molecule has 0 fully saturated rings. The Morgan fingerprint density at radius 1 is 1.10 bits per heavy atom. The van der Waals surface area contributed by atoms with Crippen molar-refractivity contribution in [3.05, 3.63) is 75.7 Å². The number of nitro groups is 1. The Kier molecular flexibility index (Phi) is 3.94. The number of anilines is 1. The van der Waals surface area contributed by atoms with E-state index in [1.807, 2.05) is 12.1 Å². The molecule has 2 aromatic heterocycles. The molecule has 1 aliphatic carbocycles. The first-order valence-corrected chi connectivity index (χ1v) is 9.26. The molecule has 3 heterocycles. The van der Waals surface area contributed by atoms with Crippen LogP contribution in [0.2, 0.25) is 0 Å². The van der Waals surface area contributed by atoms with Gasteiger partial charge in [0.25, 0.3) is 5.69 Å². The lowest BCUT2D eigenvalue weighted by Gasteiger charge is -2.32. The van der Waals surface area contributed by atoms with Gasteiger partial charge in [-0.15, -0.1) is 5.10 Å². The number of carbonyl (C=O) groups is 1. The molecule has 144 valence electrons. The van der Waals surface area contributed by atoms with Crippen molar-refractivity contribution in [2.75, 3.05) is 5.32 Å². The van der Waals surface area contributed by atoms with Gasteiger partial charge in [-0.25, -0.2) is 4.68 Å². The van der Waals surface area contributed by atoms with Gasteiger partial charge in [-0.1, -0.05) is 0 Å². The molecule has 1 aliphatic heterocycles. The molecule has 0 radical (unpaired) electrons. The lowest BCUT2D eigenvalue weighted by atomic mass is 9.85. The van der Waals surface area contributed by atoms with E-state index in [9.17, 15) is 14.9 Å². The van der Waals surface area contributed by atoms with Crippen molar-refractivity contribution in [1.82, 2.24) is 19.7 Å². The van der Waals surface area contributed by atoms with Crippen LogP contribution in [0.5, 0.6) is 0 Å². The summed E-state index contributed by atoms with van der Waals surface area (Å²) in [6.07, 6.45) is 5.35. The van der Waals surface area contributed by atoms with Crippen molar-refractivity contribution in [3.63, 3.8) is 0 Å². The molecule has 1 atom stereocenters. The summed E-state index contributed by atoms with van der Waals surface area (Å²) in [5, 5.41) is 19.0. The number of hydrogen-bond donors (Lipinski definition) is 1. The van der Waals surface area contributed by atoms with Gasteiger partial charge in [0.05, 0.1) is 4.92 Å². The average Bonchev–Trinajstić information content (AvgIpc) is 3.17. The van der Waals surface area contributed by atoms with Crippen molar-refractivity contribution in [2.24, 2.45) is 0 Å². The number of nitrogens with one attached hydrogen (secondary N) is 1. The van der Waals surface area contributed by atoms with Crippen LogP contribution in [0, 0.1) is 10.1 Å². The summed E-state index contributed by atoms with van der Waals surface area (Å²) in [4.78, 5) is 32.0. The molecule has 2 aliphatic rings. The molecule has 29 heavy (non-hydrogen) atoms. The first-order chi connectivity index (χ1) is 14.1. The lowest BCUT2D eigenvalue weighted by Crippen LogP contribution is -2.31. The fourth-order valence-electron chi connectivity index (χ4n) is 3.87. The smallest absolute Gasteiger partial charge is 0.269 e. The monoisotopic (exact) mass is 388 g/mol. The van der Waals surface area contributed by atoms with E-state index >= 15 is 0 Å². The van der Waals surface area contributed by atoms with Crippen LogP contribution < -0.4 is 5.32 Å². The maximum atomic E-state index is 12.8. The van der Waals surface area contributed by atoms with E-state index in [-0.39, 0.29) is 11.5 Å². The van der Waals surface area contributed by atoms with Crippen LogP contribution in [-0.4, -0.2) is 30.5 Å². The molecule has 0 amide bonds. The fourth-order valence-corrected chi connectivity index (χ4v) is 3.87. The summed E-state index contributed by atoms with van der Waals surface area (Å²) >= 11 is 0. The minimum Gasteiger partial charge on any atom is -0.328 e. The molecule has 0 bridgehead atoms. The molecule has 1 unspecified atom stereocenters. The van der Waals surface area contributed by atoms with Crippen molar-refractivity contribution >= 4 is 17.4 Å². The van der Waals surface area contributed by atoms with Crippen molar-refractivity contribution in [1.29, 1.82) is 0 Å². The van der Waals surface area contributed by atoms with E-state index in [1.165, 1.54) is 12.1 Å². The highest BCUT2D eigenvalue weighted by Crippen LogP contribution is 2.40. The lowest BCUT2D eigenvalue weighted by molar-refractivity contribution is -0.384. The third-order valence-corrected chi connectivity index (χ3v) is 5.23. The van der Waals surface area contributed by atoms with Crippen LogP contribution >= 0.6 is 0 Å². The van der Waals surface area contributed by atoms with Crippen LogP contribution in [0.25, 0.3) is 11.4 Å². The van der Waals surface area contributed by atoms with E-state index in [0.717, 1.165) is 29.7 Å². The van der Waals surface area contributed by atoms with Crippen molar-refractivity contribution in [2.45, 2.75) is 25.3 Å². The summed E-state index contributed by atoms with van der Waals surface area (Å²) in [6, 6.07) is 9.42. The van der Waals surface area contributed by atoms with Gasteiger partial charge in [0.1, 0.15) is 6.04 Å². The number of Topliss-reactive ketones (excluding diaryl/α,β-unsaturated/α-hetero) is 1. The molecule has 9 nitrogen and oxygen atoms in total. The molecule has 3 aromatic rings. The van der Waals surface area contributed by atoms with Crippen molar-refractivity contribution < 1.29 is 9.72 Å². The normalized spacial score (nSPS) is 18.1. The van der Waals surface area contributed by atoms with E-state index in [0.29, 0.717) is 23.8 Å². The number of non-ortho nitro benzene ring substituents is 1. The molecular formula is C20H16N6O3. The van der Waals surface area contributed by atoms with Crippen molar-refractivity contribution in [3.8, 4) is 11.4 Å². The largest absolute Gasteiger partial charge is 0.328 e. The second kappa shape index (κ2) is 6.62. The van der Waals surface area contributed by atoms with E-state index in [1.54, 1.807) is 29.2 Å². The predicted octanol–water partition coefficient (Wildman–Crippen LogP) is 3.27. The van der Waals surface area contributed by atoms with Gasteiger partial charge in [0.15, 0.2) is 11.6 Å². The average molecular weight is 388 g/mol. The van der Waals surface area contributed by atoms with Gasteiger partial charge < -0.3 is 5.32 Å². The fraction of sp³-hybridized carbons (Fsp3) is 0.200. The Hall–Kier alpha value is -3.88. The zero-order valence-corrected chi connectivity index (χ0v) is 15.3. The Morgan fingerprint density at radius 3 is 2.59 bits per heavy atom. The van der Waals surface area contributed by atoms with Gasteiger partial charge >= 0.3 is 0 Å². The predicted molar refractivity (Wildman–Crippen MR) is 104 cm³/mol. The minimum absolute atomic E-state index is 0.00291. The Labute approximate surface area is 165 Å². The number of pyridine rings is 1. The number of allylic oxidation sites excluding steroid dienone is 2. The van der Waals surface area contributed by atoms with E-state index in [2.05, 4.69) is 20.4 Å². The standard InChI is InChI=1S/C20H16N6O3/c27-16-3-1-2-15-17(16)18(12-4-6-14(7-5-12)26(28)29)25-20(22-15)23-19(24-25)13-8-10-21-11-9-13/h4-11,18H,1-3H2,(H,22,23,24). The number of rotatable bonds is 3. The third-order valence-electron chi connectivity index (χ3n) is 5.23. The summed E-state index contributed by atoms with van der Waals surface area (Å²) < 4.78 is 1.69. The van der Waals surface area contributed by atoms with Gasteiger partial charge in [0.2, 0.25) is 5.95 Å². The molecule has 0 saturated heterocycles. The first-order valence-electron chi connectivity index (χ1n) is 9.26. The zero-order valence-electron chi connectivity index (χ0n) is 15.3. The quantitative estimate of drug-likeness (QED) is 0.541. The number of ketones is 1. The Morgan fingerprint density at radius 2 is 1.86 bits per heavy atom. The SMILES string of the molecule is O=C1CCCC2=C1C(c1ccc([N+](=O)[O-])cc1)n1nc(-c3ccncc3)nc1N2. The van der Waals surface area contributed by atoms with Gasteiger partial charge in [-0.05, 0) is 42.7 Å². The molecule has 1 aromatic carbocycles. The van der Waals surface area contributed by atoms with Gasteiger partial charge in [0, 0.05) is 47.8 Å². The molecule has 0 spiro atoms. The molecule has 0 saturated carbocycles. The highest BCUT2D eigenvalue weighted by Gasteiger charge is 2.37. The first kappa shape index (κ1) is 17.2. The highest BCUT2D eigenvalue weighted by molar-refractivity contribution is 5.99. The van der Waals surface area contributed by atoms with Crippen LogP contribution in [0.1, 0.15) is 30.9 Å². The molecule has 9 heteroatoms. The van der Waals surface area contributed by atoms with E-state index < -0.39 is 11.0 Å². The van der Waals surface area contributed by atoms with Crippen LogP contribution in [0.3, 0.4) is 0 Å². The number of benzene rings is 1. The summed E-state index contributed by atoms with van der Waals surface area (Å²) in [5.41, 5.74) is 3.08. The number of fused-ring (bicyclic) bond motifs is 1. The molecular weight excluding hydrogens is 372 g/mol. The topological polar surface area (TPSA) is 116 Å². The molecule has 5 rings (SSSR count). The zero-order chi connectivity index (χ0) is 20.0. The summed E-state index contributed by atoms with van der Waals surface area (Å²) in [6.45, 7) is 0. The number of carbonyl (C=O) groups excluding carboxylic acids is 1. The summed E-state index contributed by atoms with van der Waals surface area (Å²) in [5.74, 6) is 1.14. The second-order valence-electron chi connectivity index (χ2n) is 6.98. The van der Waals surface area contributed by atoms with Gasteiger partial charge in [-0.2, -0.15) is 4.98 Å². The van der Waals surface area contributed by atoms with Gasteiger partial charge in [-0.3, -0.25) is 19.9 Å². The molecule has 1 N–H and O–H groups in total. The maximum absolute atomic E-state index is 12.8. The maximum Gasteiger partial charge on any atom is 0.269 e. The number of aromatic nitrogens is 4. The number of nitro benzene ring substituents is 1. The minimum atomic E-state index is -0.474. The van der Waals surface area contributed by atoms with Crippen LogP contribution in [-0.2, 0) is 4.79 Å². The Bertz CT molecular complexity index is 1150. The highest BCUT2D eigenvalue weighted by atomic mass is 16.6. The second-order valence-corrected chi connectivity index (χ2v) is 6.98. The Balaban J connectivity index is 1.66.